The number of thioether (sulfide) groups is 1. The van der Waals surface area contributed by atoms with E-state index in [-0.39, 0.29) is 71.7 Å². The SMILES string of the molecule is COc1c(C)c2c(c(O)c1C/C=C(\C)CC/C=C(\C)[C@H](O)CC(=O)SCCNC(=O)CCNC(=O)[C@H](O)C(C)(C)COP(=O)([O-])OP(=O)([O-])OC[C@H]1O[C@@H](n3cnc4c(N)ncnc43)[C@H](O)[C@@H]1OP(=O)([O-])[O-])C(=O)OC2. The molecule has 8 atom stereocenters. The molecule has 29 nitrogen and oxygen atoms in total. The van der Waals surface area contributed by atoms with E-state index >= 15 is 0 Å². The summed E-state index contributed by atoms with van der Waals surface area (Å²) in [5, 5.41) is 47.5. The molecule has 2 aliphatic rings. The summed E-state index contributed by atoms with van der Waals surface area (Å²) in [6, 6.07) is 0. The van der Waals surface area contributed by atoms with Gasteiger partial charge in [-0.05, 0) is 51.2 Å². The monoisotopic (exact) mass is 1150 g/mol. The molecule has 33 heteroatoms. The molecular formula is C43H58N7O22P3S-4. The minimum atomic E-state index is -5.96. The van der Waals surface area contributed by atoms with Gasteiger partial charge in [0.1, 0.15) is 59.9 Å². The standard InChI is InChI=1S/C43H62N7O22P3S/c1-22(10-11-25-33(54)31-26(17-67-42(31)58)24(3)35(25)66-6)8-7-9-23(2)27(51)16-30(53)76-15-14-45-29(52)12-13-46-40(57)37(56)43(4,5)19-69-75(64,65)72-74(62,63)68-18-28-36(71-73(59,60)61)34(55)41(70-28)50-21-49-32-38(44)47-20-48-39(32)50/h9-10,20-21,27-28,34,36-37,41,51,54-56H,7-8,11-19H2,1-6H3,(H,45,52)(H,46,57)(H,62,63)(H,64,65)(H2,44,47,48)(H2,59,60,61)/p-4/b22-10+,23-9+/t27-,28-,34-,36-,37+,41-/m1/s1. The second-order valence-corrected chi connectivity index (χ2v) is 23.3. The summed E-state index contributed by atoms with van der Waals surface area (Å²) in [6.07, 6.45) is -3.86. The van der Waals surface area contributed by atoms with Crippen molar-refractivity contribution in [1.29, 1.82) is 0 Å². The zero-order chi connectivity index (χ0) is 56.5. The molecule has 8 N–H and O–H groups in total. The summed E-state index contributed by atoms with van der Waals surface area (Å²) in [7, 11) is -16.2. The number of nitrogens with one attached hydrogen (secondary N) is 2. The Labute approximate surface area is 439 Å². The summed E-state index contributed by atoms with van der Waals surface area (Å²) >= 11 is 0.894. The molecule has 0 bridgehead atoms. The molecule has 0 aliphatic carbocycles. The number of ether oxygens (including phenoxy) is 3. The lowest BCUT2D eigenvalue weighted by molar-refractivity contribution is -0.347. The smallest absolute Gasteiger partial charge is 0.342 e. The maximum Gasteiger partial charge on any atom is 0.342 e. The van der Waals surface area contributed by atoms with E-state index in [0.717, 1.165) is 40.1 Å². The number of phenolic OH excluding ortho intramolecular Hbond substituents is 1. The third-order valence-electron chi connectivity index (χ3n) is 11.9. The minimum Gasteiger partial charge on any atom is -0.790 e. The van der Waals surface area contributed by atoms with Crippen molar-refractivity contribution < 1.29 is 105 Å². The number of phenols is 1. The fourth-order valence-corrected chi connectivity index (χ4v) is 11.2. The average molecular weight is 1150 g/mol. The number of aromatic nitrogens is 4. The maximum absolute atomic E-state index is 12.7. The van der Waals surface area contributed by atoms with Crippen molar-refractivity contribution >= 4 is 75.1 Å². The molecule has 2 aromatic heterocycles. The van der Waals surface area contributed by atoms with Crippen LogP contribution in [-0.2, 0) is 68.5 Å². The van der Waals surface area contributed by atoms with Gasteiger partial charge in [-0.3, -0.25) is 28.1 Å². The molecule has 0 spiro atoms. The van der Waals surface area contributed by atoms with Crippen molar-refractivity contribution in [3.05, 3.63) is 58.2 Å². The highest BCUT2D eigenvalue weighted by molar-refractivity contribution is 8.13. The highest BCUT2D eigenvalue weighted by atomic mass is 32.2. The number of allylic oxidation sites excluding steroid dienone is 3. The summed E-state index contributed by atoms with van der Waals surface area (Å²) < 4.78 is 71.5. The number of nitrogen functional groups attached to an aromatic ring is 1. The number of cyclic esters (lactones) is 1. The van der Waals surface area contributed by atoms with Crippen LogP contribution in [0.3, 0.4) is 0 Å². The van der Waals surface area contributed by atoms with Gasteiger partial charge in [0.05, 0.1) is 40.6 Å². The van der Waals surface area contributed by atoms with E-state index in [1.165, 1.54) is 21.0 Å². The van der Waals surface area contributed by atoms with Gasteiger partial charge in [0.2, 0.25) is 11.8 Å². The first-order valence-corrected chi connectivity index (χ1v) is 28.4. The van der Waals surface area contributed by atoms with Crippen LogP contribution in [0.1, 0.15) is 86.7 Å². The van der Waals surface area contributed by atoms with Crippen LogP contribution in [-0.4, -0.2) is 133 Å². The maximum atomic E-state index is 12.7. The number of esters is 1. The molecule has 1 saturated heterocycles. The Morgan fingerprint density at radius 1 is 1.04 bits per heavy atom. The van der Waals surface area contributed by atoms with Crippen LogP contribution in [0.4, 0.5) is 5.82 Å². The molecule has 0 saturated carbocycles. The van der Waals surface area contributed by atoms with Crippen molar-refractivity contribution in [2.24, 2.45) is 5.41 Å². The molecule has 422 valence electrons. The quantitative estimate of drug-likeness (QED) is 0.0208. The third kappa shape index (κ3) is 16.7. The number of aliphatic hydroxyl groups is 3. The van der Waals surface area contributed by atoms with Gasteiger partial charge in [-0.1, -0.05) is 43.3 Å². The number of aliphatic hydroxyl groups excluding tert-OH is 3. The Morgan fingerprint density at radius 3 is 2.42 bits per heavy atom. The number of amides is 2. The van der Waals surface area contributed by atoms with Crippen LogP contribution in [0.2, 0.25) is 0 Å². The average Bonchev–Trinajstić information content (AvgIpc) is 4.03. The van der Waals surface area contributed by atoms with Crippen molar-refractivity contribution in [2.75, 3.05) is 44.9 Å². The number of carbonyl (C=O) groups is 4. The lowest BCUT2D eigenvalue weighted by Crippen LogP contribution is -2.46. The lowest BCUT2D eigenvalue weighted by atomic mass is 9.87. The number of aromatic hydroxyl groups is 1. The van der Waals surface area contributed by atoms with E-state index < -0.39 is 96.6 Å². The van der Waals surface area contributed by atoms with Gasteiger partial charge < -0.3 is 88.7 Å². The number of nitrogens with zero attached hydrogens (tertiary/aromatic N) is 4. The van der Waals surface area contributed by atoms with E-state index in [1.54, 1.807) is 13.8 Å². The second-order valence-electron chi connectivity index (χ2n) is 18.1. The first-order chi connectivity index (χ1) is 35.5. The number of anilines is 1. The Bertz CT molecular complexity index is 2840. The van der Waals surface area contributed by atoms with Crippen LogP contribution in [0.25, 0.3) is 11.2 Å². The molecular weight excluding hydrogens is 1090 g/mol. The first-order valence-electron chi connectivity index (χ1n) is 23.0. The van der Waals surface area contributed by atoms with Gasteiger partial charge in [0.15, 0.2) is 22.8 Å². The third-order valence-corrected chi connectivity index (χ3v) is 15.8. The summed E-state index contributed by atoms with van der Waals surface area (Å²) in [5.74, 6) is -1.79. The van der Waals surface area contributed by atoms with Gasteiger partial charge in [-0.15, -0.1) is 0 Å². The Balaban J connectivity index is 0.973. The number of phosphoric ester groups is 3. The summed E-state index contributed by atoms with van der Waals surface area (Å²) in [5.41, 5.74) is 7.52. The first kappa shape index (κ1) is 62.1. The molecule has 4 heterocycles. The van der Waals surface area contributed by atoms with E-state index in [2.05, 4.69) is 43.5 Å². The van der Waals surface area contributed by atoms with Crippen LogP contribution in [0, 0.1) is 12.3 Å². The van der Waals surface area contributed by atoms with Crippen LogP contribution < -0.4 is 40.7 Å². The summed E-state index contributed by atoms with van der Waals surface area (Å²) in [4.78, 5) is 110. The molecule has 2 aliphatic heterocycles. The molecule has 5 rings (SSSR count). The zero-order valence-corrected chi connectivity index (χ0v) is 45.3. The number of phosphoric acid groups is 3. The molecule has 3 aromatic rings. The Kier molecular flexibility index (Phi) is 21.5. The number of nitrogens with two attached hydrogens (primary N) is 1. The number of hydrogen-bond donors (Lipinski definition) is 7. The predicted octanol–water partition coefficient (Wildman–Crippen LogP) is -0.504. The van der Waals surface area contributed by atoms with Crippen molar-refractivity contribution in [2.45, 2.75) is 110 Å². The highest BCUT2D eigenvalue weighted by Crippen LogP contribution is 2.56. The van der Waals surface area contributed by atoms with Crippen LogP contribution >= 0.6 is 35.2 Å². The van der Waals surface area contributed by atoms with Crippen LogP contribution in [0.15, 0.2) is 36.0 Å². The molecule has 0 radical (unpaired) electrons. The molecule has 2 amide bonds. The molecule has 76 heavy (non-hydrogen) atoms. The number of imidazole rings is 1. The Morgan fingerprint density at radius 2 is 1.74 bits per heavy atom. The van der Waals surface area contributed by atoms with Gasteiger partial charge in [0.25, 0.3) is 15.6 Å². The number of rotatable bonds is 28. The molecule has 1 fully saturated rings. The summed E-state index contributed by atoms with van der Waals surface area (Å²) in [6.45, 7) is 5.26. The Hall–Kier alpha value is -4.71. The van der Waals surface area contributed by atoms with Crippen LogP contribution in [0.5, 0.6) is 11.5 Å². The van der Waals surface area contributed by atoms with Crippen molar-refractivity contribution in [1.82, 2.24) is 30.2 Å². The molecule has 1 aromatic carbocycles. The normalized spacial score (nSPS) is 20.6. The number of hydrogen-bond acceptors (Lipinski definition) is 27. The fourth-order valence-electron chi connectivity index (χ4n) is 7.72. The van der Waals surface area contributed by atoms with E-state index in [0.29, 0.717) is 41.7 Å². The van der Waals surface area contributed by atoms with E-state index in [1.807, 2.05) is 19.1 Å². The number of carbonyl (C=O) groups excluding carboxylic acids is 4. The predicted molar refractivity (Wildman–Crippen MR) is 258 cm³/mol. The second kappa shape index (κ2) is 26.3. The van der Waals surface area contributed by atoms with Gasteiger partial charge in [-0.2, -0.15) is 0 Å². The largest absolute Gasteiger partial charge is 0.790 e. The number of fused-ring (bicyclic) bond motifs is 2. The minimum absolute atomic E-state index is 0.0286. The van der Waals surface area contributed by atoms with Gasteiger partial charge in [0, 0.05) is 48.2 Å². The van der Waals surface area contributed by atoms with Crippen molar-refractivity contribution in [3.8, 4) is 11.5 Å². The van der Waals surface area contributed by atoms with Gasteiger partial charge >= 0.3 is 5.97 Å². The fraction of sp³-hybridized carbons (Fsp3) is 0.558. The zero-order valence-electron chi connectivity index (χ0n) is 41.8. The van der Waals surface area contributed by atoms with E-state index in [9.17, 15) is 72.9 Å². The topological polar surface area (TPSA) is 451 Å². The molecule has 2 unspecified atom stereocenters. The van der Waals surface area contributed by atoms with Gasteiger partial charge in [-0.25, -0.2) is 24.1 Å². The highest BCUT2D eigenvalue weighted by Gasteiger charge is 2.47. The number of methoxy groups -OCH3 is 1. The lowest BCUT2D eigenvalue weighted by Gasteiger charge is -2.36. The number of benzene rings is 1. The van der Waals surface area contributed by atoms with E-state index in [4.69, 9.17) is 19.9 Å². The van der Waals surface area contributed by atoms with Crippen molar-refractivity contribution in [3.63, 3.8) is 0 Å².